The second-order valence-corrected chi connectivity index (χ2v) is 8.85. The van der Waals surface area contributed by atoms with Gasteiger partial charge in [-0.1, -0.05) is 35.5 Å². The minimum atomic E-state index is -0.732. The maximum absolute atomic E-state index is 13.7. The van der Waals surface area contributed by atoms with Crippen LogP contribution in [0.4, 0.5) is 0 Å². The van der Waals surface area contributed by atoms with Crippen molar-refractivity contribution in [1.82, 2.24) is 19.3 Å². The molecule has 202 valence electrons. The monoisotopic (exact) mass is 542 g/mol. The van der Waals surface area contributed by atoms with E-state index >= 15 is 0 Å². The molecule has 1 aliphatic rings. The Labute approximate surface area is 225 Å². The Bertz CT molecular complexity index is 1870. The van der Waals surface area contributed by atoms with E-state index in [4.69, 9.17) is 23.5 Å². The fourth-order valence-electron chi connectivity index (χ4n) is 4.50. The average Bonchev–Trinajstić information content (AvgIpc) is 3.66. The number of ether oxygens (including phenoxy) is 4. The molecule has 2 aromatic heterocycles. The van der Waals surface area contributed by atoms with Crippen molar-refractivity contribution in [2.45, 2.75) is 13.1 Å². The number of hydrogen-bond donors (Lipinski definition) is 0. The molecule has 0 radical (unpaired) electrons. The van der Waals surface area contributed by atoms with Crippen LogP contribution in [0.3, 0.4) is 0 Å². The molecule has 0 atom stereocenters. The lowest BCUT2D eigenvalue weighted by Crippen LogP contribution is -2.41. The Morgan fingerprint density at radius 3 is 2.42 bits per heavy atom. The smallest absolute Gasteiger partial charge is 0.332 e. The van der Waals surface area contributed by atoms with Crippen LogP contribution in [-0.2, 0) is 13.1 Å². The van der Waals surface area contributed by atoms with Crippen LogP contribution in [0.15, 0.2) is 74.8 Å². The number of rotatable bonds is 8. The van der Waals surface area contributed by atoms with Crippen LogP contribution in [0.5, 0.6) is 23.0 Å². The highest BCUT2D eigenvalue weighted by atomic mass is 16.7. The van der Waals surface area contributed by atoms with Crippen molar-refractivity contribution in [3.63, 3.8) is 0 Å². The second-order valence-electron chi connectivity index (χ2n) is 8.85. The van der Waals surface area contributed by atoms with Gasteiger partial charge in [-0.2, -0.15) is 4.98 Å². The van der Waals surface area contributed by atoms with Gasteiger partial charge in [0.1, 0.15) is 6.54 Å². The van der Waals surface area contributed by atoms with Crippen molar-refractivity contribution in [2.24, 2.45) is 0 Å². The second kappa shape index (κ2) is 10.1. The molecule has 12 heteroatoms. The maximum atomic E-state index is 13.7. The minimum absolute atomic E-state index is 0.0289. The summed E-state index contributed by atoms with van der Waals surface area (Å²) in [4.78, 5) is 45.0. The highest BCUT2D eigenvalue weighted by Gasteiger charge is 2.23. The number of carbonyl (C=O) groups is 1. The van der Waals surface area contributed by atoms with Gasteiger partial charge in [0.15, 0.2) is 28.8 Å². The lowest BCUT2D eigenvalue weighted by molar-refractivity contribution is 0.0971. The zero-order valence-electron chi connectivity index (χ0n) is 21.4. The van der Waals surface area contributed by atoms with Crippen LogP contribution in [0.25, 0.3) is 22.3 Å². The van der Waals surface area contributed by atoms with Crippen molar-refractivity contribution in [2.75, 3.05) is 21.0 Å². The van der Waals surface area contributed by atoms with Gasteiger partial charge in [0.05, 0.1) is 31.7 Å². The Kier molecular flexibility index (Phi) is 6.27. The quantitative estimate of drug-likeness (QED) is 0.269. The summed E-state index contributed by atoms with van der Waals surface area (Å²) in [6.45, 7) is -0.699. The Morgan fingerprint density at radius 1 is 0.925 bits per heavy atom. The number of aromatic nitrogens is 4. The molecule has 0 saturated carbocycles. The molecule has 1 aliphatic heterocycles. The summed E-state index contributed by atoms with van der Waals surface area (Å²) >= 11 is 0. The third-order valence-corrected chi connectivity index (χ3v) is 6.52. The highest BCUT2D eigenvalue weighted by molar-refractivity contribution is 5.97. The van der Waals surface area contributed by atoms with Gasteiger partial charge in [0.2, 0.25) is 18.5 Å². The van der Waals surface area contributed by atoms with E-state index in [0.717, 1.165) is 4.57 Å². The van der Waals surface area contributed by atoms with E-state index in [1.54, 1.807) is 12.1 Å². The van der Waals surface area contributed by atoms with Crippen molar-refractivity contribution in [1.29, 1.82) is 0 Å². The first-order chi connectivity index (χ1) is 19.5. The van der Waals surface area contributed by atoms with Crippen molar-refractivity contribution >= 4 is 16.7 Å². The zero-order chi connectivity index (χ0) is 27.8. The summed E-state index contributed by atoms with van der Waals surface area (Å²) in [5, 5.41) is 4.13. The summed E-state index contributed by atoms with van der Waals surface area (Å²) in [7, 11) is 2.95. The topological polar surface area (TPSA) is 137 Å². The van der Waals surface area contributed by atoms with E-state index in [1.165, 1.54) is 37.0 Å². The van der Waals surface area contributed by atoms with Crippen molar-refractivity contribution in [3.05, 3.63) is 93.0 Å². The van der Waals surface area contributed by atoms with Crippen LogP contribution < -0.4 is 30.2 Å². The molecule has 0 aliphatic carbocycles. The lowest BCUT2D eigenvalue weighted by atomic mass is 10.1. The van der Waals surface area contributed by atoms with E-state index in [-0.39, 0.29) is 36.7 Å². The standard InChI is InChI=1S/C28H22N4O8/c1-36-21-9-8-17(10-22(21)37-2)20(33)13-31-19-12-24-23(38-15-39-24)11-18(19)27(34)32(28(31)35)14-25-29-26(30-40-25)16-6-4-3-5-7-16/h3-12H,13-15H2,1-2H3. The average molecular weight is 543 g/mol. The van der Waals surface area contributed by atoms with Crippen LogP contribution in [0.1, 0.15) is 16.2 Å². The zero-order valence-corrected chi connectivity index (χ0v) is 21.4. The number of Topliss-reactive ketones (excluding diaryl/α,β-unsaturated/α-hetero) is 1. The van der Waals surface area contributed by atoms with Gasteiger partial charge in [-0.05, 0) is 24.3 Å². The summed E-state index contributed by atoms with van der Waals surface area (Å²) < 4.78 is 29.0. The fourth-order valence-corrected chi connectivity index (χ4v) is 4.50. The number of methoxy groups -OCH3 is 2. The number of benzene rings is 3. The number of carbonyl (C=O) groups excluding carboxylic acids is 1. The molecular weight excluding hydrogens is 520 g/mol. The molecule has 0 amide bonds. The molecule has 3 heterocycles. The van der Waals surface area contributed by atoms with Crippen molar-refractivity contribution < 1.29 is 28.3 Å². The molecule has 0 N–H and O–H groups in total. The van der Waals surface area contributed by atoms with Crippen LogP contribution >= 0.6 is 0 Å². The summed E-state index contributed by atoms with van der Waals surface area (Å²) in [6, 6.07) is 16.9. The maximum Gasteiger partial charge on any atom is 0.332 e. The molecule has 0 saturated heterocycles. The number of ketones is 1. The van der Waals surface area contributed by atoms with Crippen LogP contribution in [-0.4, -0.2) is 46.1 Å². The molecule has 0 unspecified atom stereocenters. The lowest BCUT2D eigenvalue weighted by Gasteiger charge is -2.14. The first-order valence-electron chi connectivity index (χ1n) is 12.2. The van der Waals surface area contributed by atoms with Gasteiger partial charge >= 0.3 is 5.69 Å². The molecule has 0 spiro atoms. The van der Waals surface area contributed by atoms with E-state index in [0.29, 0.717) is 39.9 Å². The molecule has 3 aromatic carbocycles. The third kappa shape index (κ3) is 4.34. The predicted molar refractivity (Wildman–Crippen MR) is 141 cm³/mol. The first kappa shape index (κ1) is 24.9. The van der Waals surface area contributed by atoms with Gasteiger partial charge in [-0.15, -0.1) is 0 Å². The molecule has 12 nitrogen and oxygen atoms in total. The van der Waals surface area contributed by atoms with Crippen LogP contribution in [0.2, 0.25) is 0 Å². The van der Waals surface area contributed by atoms with Gasteiger partial charge in [-0.3, -0.25) is 18.7 Å². The normalized spacial score (nSPS) is 12.1. The third-order valence-electron chi connectivity index (χ3n) is 6.52. The Hall–Kier alpha value is -5.39. The van der Waals surface area contributed by atoms with E-state index < -0.39 is 17.0 Å². The Morgan fingerprint density at radius 2 is 1.68 bits per heavy atom. The summed E-state index contributed by atoms with van der Waals surface area (Å²) in [6.07, 6.45) is 0. The highest BCUT2D eigenvalue weighted by Crippen LogP contribution is 2.35. The van der Waals surface area contributed by atoms with Crippen molar-refractivity contribution in [3.8, 4) is 34.4 Å². The fraction of sp³-hybridized carbons (Fsp3) is 0.179. The number of nitrogens with zero attached hydrogens (tertiary/aromatic N) is 4. The van der Waals surface area contributed by atoms with E-state index in [2.05, 4.69) is 10.1 Å². The van der Waals surface area contributed by atoms with Gasteiger partial charge in [0.25, 0.3) is 5.56 Å². The molecule has 5 aromatic rings. The molecule has 0 bridgehead atoms. The van der Waals surface area contributed by atoms with E-state index in [1.807, 2.05) is 30.3 Å². The minimum Gasteiger partial charge on any atom is -0.493 e. The van der Waals surface area contributed by atoms with E-state index in [9.17, 15) is 14.4 Å². The number of hydrogen-bond acceptors (Lipinski definition) is 10. The summed E-state index contributed by atoms with van der Waals surface area (Å²) in [5.41, 5.74) is -0.105. The van der Waals surface area contributed by atoms with Gasteiger partial charge in [0, 0.05) is 17.2 Å². The first-order valence-corrected chi connectivity index (χ1v) is 12.2. The molecular formula is C28H22N4O8. The van der Waals surface area contributed by atoms with Gasteiger partial charge < -0.3 is 23.5 Å². The molecule has 40 heavy (non-hydrogen) atoms. The largest absolute Gasteiger partial charge is 0.493 e. The Balaban J connectivity index is 1.44. The summed E-state index contributed by atoms with van der Waals surface area (Å²) in [5.74, 6) is 1.52. The SMILES string of the molecule is COc1ccc(C(=O)Cn2c(=O)n(Cc3nc(-c4ccccc4)no3)c(=O)c3cc4c(cc32)OCO4)cc1OC. The van der Waals surface area contributed by atoms with Gasteiger partial charge in [-0.25, -0.2) is 4.79 Å². The number of fused-ring (bicyclic) bond motifs is 2. The molecule has 6 rings (SSSR count). The predicted octanol–water partition coefficient (Wildman–Crippen LogP) is 2.89. The van der Waals surface area contributed by atoms with Crippen LogP contribution in [0, 0.1) is 0 Å². The molecule has 0 fully saturated rings.